The molecule has 0 unspecified atom stereocenters. The minimum absolute atomic E-state index is 0.0496. The molecule has 3 rings (SSSR count). The van der Waals surface area contributed by atoms with Crippen LogP contribution in [0.2, 0.25) is 10.0 Å². The van der Waals surface area contributed by atoms with E-state index >= 15 is 0 Å². The lowest BCUT2D eigenvalue weighted by molar-refractivity contribution is 0.0858. The first-order chi connectivity index (χ1) is 12.5. The zero-order chi connectivity index (χ0) is 18.5. The summed E-state index contributed by atoms with van der Waals surface area (Å²) in [5, 5.41) is 6.28. The monoisotopic (exact) mass is 392 g/mol. The third-order valence-corrected chi connectivity index (χ3v) is 4.66. The minimum Gasteiger partial charge on any atom is -0.376 e. The van der Waals surface area contributed by atoms with E-state index in [9.17, 15) is 9.59 Å². The third kappa shape index (κ3) is 4.55. The van der Waals surface area contributed by atoms with E-state index in [-0.39, 0.29) is 22.6 Å². The highest BCUT2D eigenvalue weighted by Gasteiger charge is 2.19. The Morgan fingerprint density at radius 1 is 1.08 bits per heavy atom. The molecular weight excluding hydrogens is 375 g/mol. The summed E-state index contributed by atoms with van der Waals surface area (Å²) in [6.45, 7) is 1.18. The van der Waals surface area contributed by atoms with Crippen LogP contribution in [0.5, 0.6) is 0 Å². The maximum absolute atomic E-state index is 12.5. The van der Waals surface area contributed by atoms with Crippen LogP contribution in [0.25, 0.3) is 0 Å². The van der Waals surface area contributed by atoms with Gasteiger partial charge in [-0.25, -0.2) is 0 Å². The molecule has 136 valence electrons. The zero-order valence-electron chi connectivity index (χ0n) is 13.9. The van der Waals surface area contributed by atoms with Crippen molar-refractivity contribution >= 4 is 40.7 Å². The molecule has 2 aromatic carbocycles. The second kappa shape index (κ2) is 8.54. The Morgan fingerprint density at radius 2 is 1.88 bits per heavy atom. The van der Waals surface area contributed by atoms with Crippen molar-refractivity contribution in [3.8, 4) is 0 Å². The van der Waals surface area contributed by atoms with E-state index in [1.54, 1.807) is 36.4 Å². The molecule has 0 radical (unpaired) electrons. The first-order valence-corrected chi connectivity index (χ1v) is 9.05. The normalized spacial score (nSPS) is 16.3. The zero-order valence-corrected chi connectivity index (χ0v) is 15.4. The number of para-hydroxylation sites is 1. The molecule has 0 bridgehead atoms. The molecule has 2 amide bonds. The van der Waals surface area contributed by atoms with E-state index in [2.05, 4.69) is 10.6 Å². The number of halogens is 2. The summed E-state index contributed by atoms with van der Waals surface area (Å²) in [5.41, 5.74) is 1.07. The van der Waals surface area contributed by atoms with Crippen LogP contribution < -0.4 is 10.6 Å². The molecule has 0 aromatic heterocycles. The standard InChI is InChI=1S/C19H18Cl2N2O3/c20-12-7-8-14(16(21)10-12)19(25)23-17-6-2-1-5-15(17)18(24)22-11-13-4-3-9-26-13/h1-2,5-8,10,13H,3-4,9,11H2,(H,22,24)(H,23,25)/t13-/m1/s1. The average molecular weight is 393 g/mol. The molecular formula is C19H18Cl2N2O3. The summed E-state index contributed by atoms with van der Waals surface area (Å²) in [6, 6.07) is 11.4. The molecule has 1 heterocycles. The molecule has 5 nitrogen and oxygen atoms in total. The SMILES string of the molecule is O=C(Nc1ccccc1C(=O)NC[C@H]1CCCO1)c1ccc(Cl)cc1Cl. The van der Waals surface area contributed by atoms with Crippen molar-refractivity contribution in [3.05, 3.63) is 63.6 Å². The fraction of sp³-hybridized carbons (Fsp3) is 0.263. The summed E-state index contributed by atoms with van der Waals surface area (Å²) in [4.78, 5) is 25.0. The molecule has 1 saturated heterocycles. The number of hydrogen-bond acceptors (Lipinski definition) is 3. The van der Waals surface area contributed by atoms with Gasteiger partial charge in [-0.05, 0) is 43.2 Å². The van der Waals surface area contributed by atoms with Gasteiger partial charge in [0, 0.05) is 18.2 Å². The van der Waals surface area contributed by atoms with Gasteiger partial charge in [0.05, 0.1) is 27.9 Å². The number of amides is 2. The van der Waals surface area contributed by atoms with Crippen molar-refractivity contribution in [2.24, 2.45) is 0 Å². The van der Waals surface area contributed by atoms with Gasteiger partial charge in [0.25, 0.3) is 11.8 Å². The summed E-state index contributed by atoms with van der Waals surface area (Å²) in [6.07, 6.45) is 2.00. The fourth-order valence-electron chi connectivity index (χ4n) is 2.76. The van der Waals surface area contributed by atoms with E-state index in [0.717, 1.165) is 19.4 Å². The Kier molecular flexibility index (Phi) is 6.14. The van der Waals surface area contributed by atoms with Crippen LogP contribution in [0.3, 0.4) is 0 Å². The summed E-state index contributed by atoms with van der Waals surface area (Å²) < 4.78 is 5.50. The predicted octanol–water partition coefficient (Wildman–Crippen LogP) is 4.15. The highest BCUT2D eigenvalue weighted by Crippen LogP contribution is 2.23. The van der Waals surface area contributed by atoms with Crippen LogP contribution in [-0.2, 0) is 4.74 Å². The van der Waals surface area contributed by atoms with Gasteiger partial charge in [-0.1, -0.05) is 35.3 Å². The maximum atomic E-state index is 12.5. The van der Waals surface area contributed by atoms with E-state index < -0.39 is 5.91 Å². The molecule has 2 N–H and O–H groups in total. The maximum Gasteiger partial charge on any atom is 0.257 e. The van der Waals surface area contributed by atoms with E-state index in [4.69, 9.17) is 27.9 Å². The Hall–Kier alpha value is -2.08. The Bertz CT molecular complexity index is 820. The van der Waals surface area contributed by atoms with E-state index in [1.807, 2.05) is 0 Å². The summed E-state index contributed by atoms with van der Waals surface area (Å²) in [5.74, 6) is -0.676. The van der Waals surface area contributed by atoms with Gasteiger partial charge in [0.2, 0.25) is 0 Å². The van der Waals surface area contributed by atoms with Gasteiger partial charge in [-0.3, -0.25) is 9.59 Å². The van der Waals surface area contributed by atoms with Crippen molar-refractivity contribution in [2.45, 2.75) is 18.9 Å². The van der Waals surface area contributed by atoms with Gasteiger partial charge in [0.15, 0.2) is 0 Å². The molecule has 26 heavy (non-hydrogen) atoms. The van der Waals surface area contributed by atoms with Crippen LogP contribution in [0, 0.1) is 0 Å². The second-order valence-electron chi connectivity index (χ2n) is 5.97. The largest absolute Gasteiger partial charge is 0.376 e. The Labute approximate surface area is 161 Å². The van der Waals surface area contributed by atoms with Crippen molar-refractivity contribution in [2.75, 3.05) is 18.5 Å². The van der Waals surface area contributed by atoms with Crippen LogP contribution in [0.1, 0.15) is 33.6 Å². The minimum atomic E-state index is -0.411. The molecule has 1 aliphatic rings. The van der Waals surface area contributed by atoms with Crippen LogP contribution in [0.15, 0.2) is 42.5 Å². The number of hydrogen-bond donors (Lipinski definition) is 2. The smallest absolute Gasteiger partial charge is 0.257 e. The van der Waals surface area contributed by atoms with E-state index in [1.165, 1.54) is 6.07 Å². The van der Waals surface area contributed by atoms with Gasteiger partial charge in [-0.2, -0.15) is 0 Å². The molecule has 0 spiro atoms. The number of anilines is 1. The number of rotatable bonds is 5. The molecule has 1 fully saturated rings. The van der Waals surface area contributed by atoms with Crippen LogP contribution in [0.4, 0.5) is 5.69 Å². The van der Waals surface area contributed by atoms with Crippen LogP contribution >= 0.6 is 23.2 Å². The number of benzene rings is 2. The van der Waals surface area contributed by atoms with Gasteiger partial charge < -0.3 is 15.4 Å². The van der Waals surface area contributed by atoms with Crippen LogP contribution in [-0.4, -0.2) is 31.1 Å². The van der Waals surface area contributed by atoms with Gasteiger partial charge in [0.1, 0.15) is 0 Å². The Balaban J connectivity index is 1.71. The highest BCUT2D eigenvalue weighted by atomic mass is 35.5. The first kappa shape index (κ1) is 18.7. The first-order valence-electron chi connectivity index (χ1n) is 8.30. The fourth-order valence-corrected chi connectivity index (χ4v) is 3.25. The number of nitrogens with one attached hydrogen (secondary N) is 2. The third-order valence-electron chi connectivity index (χ3n) is 4.11. The topological polar surface area (TPSA) is 67.4 Å². The van der Waals surface area contributed by atoms with Crippen molar-refractivity contribution in [1.82, 2.24) is 5.32 Å². The lowest BCUT2D eigenvalue weighted by Crippen LogP contribution is -2.32. The lowest BCUT2D eigenvalue weighted by Gasteiger charge is -2.14. The molecule has 7 heteroatoms. The average Bonchev–Trinajstić information content (AvgIpc) is 3.13. The van der Waals surface area contributed by atoms with E-state index in [0.29, 0.717) is 22.8 Å². The summed E-state index contributed by atoms with van der Waals surface area (Å²) >= 11 is 11.9. The van der Waals surface area contributed by atoms with Gasteiger partial charge in [-0.15, -0.1) is 0 Å². The molecule has 0 saturated carbocycles. The molecule has 1 aliphatic heterocycles. The highest BCUT2D eigenvalue weighted by molar-refractivity contribution is 6.37. The Morgan fingerprint density at radius 3 is 2.62 bits per heavy atom. The lowest BCUT2D eigenvalue weighted by atomic mass is 10.1. The number of ether oxygens (including phenoxy) is 1. The van der Waals surface area contributed by atoms with Gasteiger partial charge >= 0.3 is 0 Å². The second-order valence-corrected chi connectivity index (χ2v) is 6.81. The van der Waals surface area contributed by atoms with Crippen molar-refractivity contribution in [1.29, 1.82) is 0 Å². The molecule has 1 atom stereocenters. The summed E-state index contributed by atoms with van der Waals surface area (Å²) in [7, 11) is 0. The quantitative estimate of drug-likeness (QED) is 0.802. The number of carbonyl (C=O) groups is 2. The number of carbonyl (C=O) groups excluding carboxylic acids is 2. The molecule has 2 aromatic rings. The van der Waals surface area contributed by atoms with Crippen molar-refractivity contribution in [3.63, 3.8) is 0 Å². The molecule has 0 aliphatic carbocycles. The predicted molar refractivity (Wildman–Crippen MR) is 102 cm³/mol. The van der Waals surface area contributed by atoms with Crippen molar-refractivity contribution < 1.29 is 14.3 Å².